The molecule has 104 valence electrons. The Morgan fingerprint density at radius 3 is 2.58 bits per heavy atom. The van der Waals surface area contributed by atoms with Crippen molar-refractivity contribution in [2.45, 2.75) is 38.7 Å². The molecule has 4 nitrogen and oxygen atoms in total. The number of carbonyl (C=O) groups is 1. The van der Waals surface area contributed by atoms with E-state index >= 15 is 0 Å². The van der Waals surface area contributed by atoms with Crippen LogP contribution in [0.4, 0.5) is 0 Å². The second-order valence-corrected chi connectivity index (χ2v) is 5.69. The topological polar surface area (TPSA) is 48.4 Å². The van der Waals surface area contributed by atoms with E-state index < -0.39 is 0 Å². The average Bonchev–Trinajstić information content (AvgIpc) is 2.43. The van der Waals surface area contributed by atoms with Gasteiger partial charge in [0.25, 0.3) is 0 Å². The van der Waals surface area contributed by atoms with Gasteiger partial charge in [0, 0.05) is 10.5 Å². The maximum atomic E-state index is 11.4. The van der Waals surface area contributed by atoms with E-state index in [-0.39, 0.29) is 18.0 Å². The lowest BCUT2D eigenvalue weighted by Gasteiger charge is -2.27. The highest BCUT2D eigenvalue weighted by Gasteiger charge is 2.28. The molecule has 5 heteroatoms. The molecule has 0 unspecified atom stereocenters. The maximum Gasteiger partial charge on any atom is 0.308 e. The summed E-state index contributed by atoms with van der Waals surface area (Å²) in [7, 11) is 1.44. The molecule has 0 aromatic carbocycles. The molecule has 0 N–H and O–H groups in total. The van der Waals surface area contributed by atoms with Crippen molar-refractivity contribution in [1.82, 2.24) is 4.98 Å². The van der Waals surface area contributed by atoms with E-state index in [9.17, 15) is 4.79 Å². The molecule has 2 rings (SSSR count). The number of hydrogen-bond acceptors (Lipinski definition) is 4. The fraction of sp³-hybridized carbons (Fsp3) is 0.571. The van der Waals surface area contributed by atoms with Crippen LogP contribution >= 0.6 is 15.9 Å². The van der Waals surface area contributed by atoms with E-state index in [4.69, 9.17) is 9.47 Å². The molecule has 1 fully saturated rings. The summed E-state index contributed by atoms with van der Waals surface area (Å²) in [6.45, 7) is 1.94. The van der Waals surface area contributed by atoms with Crippen LogP contribution in [0.2, 0.25) is 0 Å². The number of aryl methyl sites for hydroxylation is 1. The number of methoxy groups -OCH3 is 1. The van der Waals surface area contributed by atoms with E-state index in [0.717, 1.165) is 35.8 Å². The molecule has 0 radical (unpaired) electrons. The number of halogens is 1. The molecule has 19 heavy (non-hydrogen) atoms. The minimum absolute atomic E-state index is 0.0319. The molecule has 0 aliphatic heterocycles. The lowest BCUT2D eigenvalue weighted by Crippen LogP contribution is -2.28. The van der Waals surface area contributed by atoms with Gasteiger partial charge in [0.15, 0.2) is 0 Å². The smallest absolute Gasteiger partial charge is 0.308 e. The van der Waals surface area contributed by atoms with Crippen molar-refractivity contribution in [3.8, 4) is 5.88 Å². The summed E-state index contributed by atoms with van der Waals surface area (Å²) in [6, 6.07) is 3.81. The molecule has 0 spiro atoms. The summed E-state index contributed by atoms with van der Waals surface area (Å²) in [6.07, 6.45) is 3.54. The second kappa shape index (κ2) is 6.37. The monoisotopic (exact) mass is 327 g/mol. The van der Waals surface area contributed by atoms with Gasteiger partial charge in [-0.15, -0.1) is 0 Å². The second-order valence-electron chi connectivity index (χ2n) is 4.83. The number of carbonyl (C=O) groups excluding carboxylic acids is 1. The van der Waals surface area contributed by atoms with E-state index in [1.54, 1.807) is 0 Å². The predicted molar refractivity (Wildman–Crippen MR) is 75.1 cm³/mol. The van der Waals surface area contributed by atoms with Crippen molar-refractivity contribution in [2.75, 3.05) is 7.11 Å². The van der Waals surface area contributed by atoms with Crippen molar-refractivity contribution >= 4 is 21.9 Å². The predicted octanol–water partition coefficient (Wildman–Crippen LogP) is 3.26. The summed E-state index contributed by atoms with van der Waals surface area (Å²) < 4.78 is 11.6. The van der Waals surface area contributed by atoms with Gasteiger partial charge in [0.2, 0.25) is 5.88 Å². The van der Waals surface area contributed by atoms with Crippen LogP contribution in [0.3, 0.4) is 0 Å². The SMILES string of the molecule is COC(=O)[C@H]1CC[C@H](Oc2ccc(Br)c(C)n2)CC1. The molecule has 1 heterocycles. The van der Waals surface area contributed by atoms with Crippen LogP contribution in [0.1, 0.15) is 31.4 Å². The summed E-state index contributed by atoms with van der Waals surface area (Å²) in [5.74, 6) is 0.586. The first-order chi connectivity index (χ1) is 9.10. The summed E-state index contributed by atoms with van der Waals surface area (Å²) >= 11 is 3.42. The van der Waals surface area contributed by atoms with Gasteiger partial charge in [-0.1, -0.05) is 0 Å². The van der Waals surface area contributed by atoms with Gasteiger partial charge < -0.3 is 9.47 Å². The summed E-state index contributed by atoms with van der Waals surface area (Å²) in [4.78, 5) is 15.8. The molecule has 1 aromatic heterocycles. The number of hydrogen-bond donors (Lipinski definition) is 0. The first-order valence-corrected chi connectivity index (χ1v) is 7.27. The van der Waals surface area contributed by atoms with Crippen LogP contribution in [-0.2, 0) is 9.53 Å². The Kier molecular flexibility index (Phi) is 4.80. The van der Waals surface area contributed by atoms with Crippen molar-refractivity contribution < 1.29 is 14.3 Å². The zero-order chi connectivity index (χ0) is 13.8. The minimum Gasteiger partial charge on any atom is -0.474 e. The van der Waals surface area contributed by atoms with E-state index in [0.29, 0.717) is 5.88 Å². The summed E-state index contributed by atoms with van der Waals surface area (Å²) in [5.41, 5.74) is 0.917. The van der Waals surface area contributed by atoms with Gasteiger partial charge in [0.1, 0.15) is 6.10 Å². The van der Waals surface area contributed by atoms with Gasteiger partial charge in [0.05, 0.1) is 18.7 Å². The fourth-order valence-corrected chi connectivity index (χ4v) is 2.56. The van der Waals surface area contributed by atoms with Gasteiger partial charge in [-0.25, -0.2) is 4.98 Å². The third kappa shape index (κ3) is 3.69. The number of nitrogens with zero attached hydrogens (tertiary/aromatic N) is 1. The van der Waals surface area contributed by atoms with Crippen LogP contribution < -0.4 is 4.74 Å². The van der Waals surface area contributed by atoms with Crippen LogP contribution in [0.5, 0.6) is 5.88 Å². The first-order valence-electron chi connectivity index (χ1n) is 6.47. The minimum atomic E-state index is -0.101. The van der Waals surface area contributed by atoms with Crippen LogP contribution in [-0.4, -0.2) is 24.2 Å². The maximum absolute atomic E-state index is 11.4. The molecule has 0 bridgehead atoms. The number of esters is 1. The molecule has 0 saturated heterocycles. The van der Waals surface area contributed by atoms with Gasteiger partial charge >= 0.3 is 5.97 Å². The zero-order valence-corrected chi connectivity index (χ0v) is 12.8. The Morgan fingerprint density at radius 2 is 2.00 bits per heavy atom. The van der Waals surface area contributed by atoms with Crippen LogP contribution in [0.15, 0.2) is 16.6 Å². The van der Waals surface area contributed by atoms with Crippen molar-refractivity contribution in [3.05, 3.63) is 22.3 Å². The third-order valence-electron chi connectivity index (χ3n) is 3.49. The zero-order valence-electron chi connectivity index (χ0n) is 11.2. The largest absolute Gasteiger partial charge is 0.474 e. The fourth-order valence-electron chi connectivity index (χ4n) is 2.34. The lowest BCUT2D eigenvalue weighted by molar-refractivity contribution is -0.147. The Morgan fingerprint density at radius 1 is 1.32 bits per heavy atom. The normalized spacial score (nSPS) is 22.9. The van der Waals surface area contributed by atoms with Crippen molar-refractivity contribution in [3.63, 3.8) is 0 Å². The first kappa shape index (κ1) is 14.3. The molecule has 1 aromatic rings. The van der Waals surface area contributed by atoms with Crippen molar-refractivity contribution in [2.24, 2.45) is 5.92 Å². The highest BCUT2D eigenvalue weighted by molar-refractivity contribution is 9.10. The molecular weight excluding hydrogens is 310 g/mol. The highest BCUT2D eigenvalue weighted by atomic mass is 79.9. The Hall–Kier alpha value is -1.10. The van der Waals surface area contributed by atoms with Gasteiger partial charge in [-0.05, 0) is 54.6 Å². The van der Waals surface area contributed by atoms with Crippen molar-refractivity contribution in [1.29, 1.82) is 0 Å². The van der Waals surface area contributed by atoms with E-state index in [2.05, 4.69) is 20.9 Å². The molecule has 0 atom stereocenters. The Balaban J connectivity index is 1.88. The van der Waals surface area contributed by atoms with E-state index in [1.807, 2.05) is 19.1 Å². The number of aromatic nitrogens is 1. The Bertz CT molecular complexity index is 456. The number of pyridine rings is 1. The molecule has 1 saturated carbocycles. The standard InChI is InChI=1S/C14H18BrNO3/c1-9-12(15)7-8-13(16-9)19-11-5-3-10(4-6-11)14(17)18-2/h7-8,10-11H,3-6H2,1-2H3/t10-,11-. The molecule has 0 amide bonds. The average molecular weight is 328 g/mol. The summed E-state index contributed by atoms with van der Waals surface area (Å²) in [5, 5.41) is 0. The van der Waals surface area contributed by atoms with E-state index in [1.165, 1.54) is 7.11 Å². The molecule has 1 aliphatic carbocycles. The van der Waals surface area contributed by atoms with Crippen LogP contribution in [0, 0.1) is 12.8 Å². The highest BCUT2D eigenvalue weighted by Crippen LogP contribution is 2.28. The molecular formula is C14H18BrNO3. The van der Waals surface area contributed by atoms with Gasteiger partial charge in [-0.3, -0.25) is 4.79 Å². The van der Waals surface area contributed by atoms with Crippen LogP contribution in [0.25, 0.3) is 0 Å². The van der Waals surface area contributed by atoms with Gasteiger partial charge in [-0.2, -0.15) is 0 Å². The quantitative estimate of drug-likeness (QED) is 0.799. The number of ether oxygens (including phenoxy) is 2. The third-order valence-corrected chi connectivity index (χ3v) is 4.33. The lowest BCUT2D eigenvalue weighted by atomic mass is 9.87. The Labute approximate surface area is 121 Å². The molecule has 1 aliphatic rings. The number of rotatable bonds is 3.